The summed E-state index contributed by atoms with van der Waals surface area (Å²) in [4.78, 5) is 32.0. The Labute approximate surface area is 176 Å². The smallest absolute Gasteiger partial charge is 0.262 e. The lowest BCUT2D eigenvalue weighted by molar-refractivity contribution is -0.113. The quantitative estimate of drug-likeness (QED) is 0.486. The van der Waals surface area contributed by atoms with Crippen molar-refractivity contribution >= 4 is 56.5 Å². The number of nitrogens with one attached hydrogen (secondary N) is 1. The van der Waals surface area contributed by atoms with Gasteiger partial charge in [-0.25, -0.2) is 4.98 Å². The molecule has 0 bridgehead atoms. The highest BCUT2D eigenvalue weighted by Gasteiger charge is 2.22. The van der Waals surface area contributed by atoms with E-state index in [0.29, 0.717) is 15.9 Å². The van der Waals surface area contributed by atoms with Gasteiger partial charge in [-0.1, -0.05) is 29.4 Å². The molecule has 1 aliphatic carbocycles. The molecule has 5 nitrogen and oxygen atoms in total. The first-order chi connectivity index (χ1) is 13.3. The summed E-state index contributed by atoms with van der Waals surface area (Å²) < 4.78 is 1.55. The summed E-state index contributed by atoms with van der Waals surface area (Å²) in [6, 6.07) is 3.80. The largest absolute Gasteiger partial charge is 0.324 e. The van der Waals surface area contributed by atoms with E-state index < -0.39 is 0 Å². The second-order valence-electron chi connectivity index (χ2n) is 7.07. The molecule has 0 unspecified atom stereocenters. The molecule has 1 N–H and O–H groups in total. The summed E-state index contributed by atoms with van der Waals surface area (Å²) in [5.41, 5.74) is 3.75. The number of nitrogens with zero attached hydrogens (tertiary/aromatic N) is 2. The number of thiophene rings is 1. The maximum absolute atomic E-state index is 12.8. The Balaban J connectivity index is 1.54. The van der Waals surface area contributed by atoms with E-state index in [2.05, 4.69) is 10.3 Å². The lowest BCUT2D eigenvalue weighted by Gasteiger charge is -2.12. The van der Waals surface area contributed by atoms with Crippen LogP contribution >= 0.6 is 34.7 Å². The topological polar surface area (TPSA) is 64.0 Å². The van der Waals surface area contributed by atoms with E-state index >= 15 is 0 Å². The molecule has 0 saturated heterocycles. The minimum Gasteiger partial charge on any atom is -0.324 e. The first-order valence-electron chi connectivity index (χ1n) is 9.06. The number of rotatable bonds is 4. The highest BCUT2D eigenvalue weighted by atomic mass is 35.5. The molecule has 0 atom stereocenters. The van der Waals surface area contributed by atoms with Crippen LogP contribution in [0.3, 0.4) is 0 Å². The molecule has 2 heterocycles. The zero-order valence-corrected chi connectivity index (χ0v) is 18.3. The molecule has 146 valence electrons. The van der Waals surface area contributed by atoms with Gasteiger partial charge in [-0.15, -0.1) is 11.3 Å². The lowest BCUT2D eigenvalue weighted by Crippen LogP contribution is -2.21. The van der Waals surface area contributed by atoms with Crippen molar-refractivity contribution in [3.63, 3.8) is 0 Å². The molecule has 0 spiro atoms. The number of fused-ring (bicyclic) bond motifs is 3. The van der Waals surface area contributed by atoms with Crippen LogP contribution in [-0.4, -0.2) is 21.2 Å². The number of carbonyl (C=O) groups excluding carboxylic acids is 1. The Kier molecular flexibility index (Phi) is 5.24. The minimum atomic E-state index is -0.179. The van der Waals surface area contributed by atoms with E-state index in [0.717, 1.165) is 40.6 Å². The van der Waals surface area contributed by atoms with Gasteiger partial charge >= 0.3 is 0 Å². The number of amides is 1. The number of benzene rings is 1. The van der Waals surface area contributed by atoms with Crippen molar-refractivity contribution in [2.24, 2.45) is 7.05 Å². The molecule has 0 radical (unpaired) electrons. The fourth-order valence-corrected chi connectivity index (χ4v) is 6.06. The number of thioether (sulfide) groups is 1. The van der Waals surface area contributed by atoms with Gasteiger partial charge in [-0.3, -0.25) is 14.2 Å². The summed E-state index contributed by atoms with van der Waals surface area (Å²) in [6.45, 7) is 3.87. The van der Waals surface area contributed by atoms with Gasteiger partial charge in [-0.2, -0.15) is 0 Å². The normalized spacial score (nSPS) is 13.1. The van der Waals surface area contributed by atoms with E-state index in [4.69, 9.17) is 11.6 Å². The first-order valence-corrected chi connectivity index (χ1v) is 11.2. The molecule has 1 aliphatic rings. The molecule has 1 aromatic carbocycles. The SMILES string of the molecule is Cc1cc(C)c(NC(=O)CSc2nc3sc4c(c3c(=O)n2C)CCC4)c(Cl)c1. The van der Waals surface area contributed by atoms with Crippen LogP contribution in [0.4, 0.5) is 5.69 Å². The number of halogens is 1. The summed E-state index contributed by atoms with van der Waals surface area (Å²) in [6.07, 6.45) is 3.09. The number of aryl methyl sites for hydroxylation is 4. The molecule has 0 fully saturated rings. The zero-order valence-electron chi connectivity index (χ0n) is 15.9. The van der Waals surface area contributed by atoms with Crippen LogP contribution in [0.25, 0.3) is 10.2 Å². The standard InChI is InChI=1S/C20H20ClN3O2S2/c1-10-7-11(2)17(13(21)8-10)22-15(25)9-27-20-23-18-16(19(26)24(20)3)12-5-4-6-14(12)28-18/h7-8H,4-6,9H2,1-3H3,(H,22,25). The lowest BCUT2D eigenvalue weighted by atomic mass is 10.1. The Morgan fingerprint density at radius 1 is 1.36 bits per heavy atom. The monoisotopic (exact) mass is 433 g/mol. The Bertz CT molecular complexity index is 1140. The van der Waals surface area contributed by atoms with Crippen LogP contribution < -0.4 is 10.9 Å². The molecule has 4 rings (SSSR count). The predicted octanol–water partition coefficient (Wildman–Crippen LogP) is 4.48. The molecule has 0 aliphatic heterocycles. The number of hydrogen-bond donors (Lipinski definition) is 1. The van der Waals surface area contributed by atoms with Gasteiger partial charge in [-0.05, 0) is 55.9 Å². The molecular weight excluding hydrogens is 414 g/mol. The summed E-state index contributed by atoms with van der Waals surface area (Å²) in [5, 5.41) is 4.71. The van der Waals surface area contributed by atoms with Gasteiger partial charge in [0.25, 0.3) is 5.56 Å². The van der Waals surface area contributed by atoms with Crippen molar-refractivity contribution in [3.8, 4) is 0 Å². The van der Waals surface area contributed by atoms with E-state index in [1.165, 1.54) is 22.2 Å². The molecular formula is C20H20ClN3O2S2. The molecule has 8 heteroatoms. The maximum Gasteiger partial charge on any atom is 0.262 e. The van der Waals surface area contributed by atoms with E-state index in [9.17, 15) is 9.59 Å². The number of aromatic nitrogens is 2. The van der Waals surface area contributed by atoms with Crippen molar-refractivity contribution in [1.82, 2.24) is 9.55 Å². The van der Waals surface area contributed by atoms with Crippen LogP contribution in [0.1, 0.15) is 28.0 Å². The Morgan fingerprint density at radius 3 is 2.89 bits per heavy atom. The minimum absolute atomic E-state index is 0.0234. The van der Waals surface area contributed by atoms with Crippen LogP contribution in [0.15, 0.2) is 22.1 Å². The third-order valence-corrected chi connectivity index (χ3v) is 7.45. The number of carbonyl (C=O) groups is 1. The Morgan fingerprint density at radius 2 is 2.14 bits per heavy atom. The van der Waals surface area contributed by atoms with Crippen molar-refractivity contribution in [2.75, 3.05) is 11.1 Å². The van der Waals surface area contributed by atoms with Crippen LogP contribution in [0.2, 0.25) is 5.02 Å². The van der Waals surface area contributed by atoms with Crippen LogP contribution in [-0.2, 0) is 24.7 Å². The average molecular weight is 434 g/mol. The van der Waals surface area contributed by atoms with Crippen molar-refractivity contribution in [2.45, 2.75) is 38.3 Å². The molecule has 3 aromatic rings. The van der Waals surface area contributed by atoms with E-state index in [1.54, 1.807) is 23.0 Å². The third kappa shape index (κ3) is 3.47. The van der Waals surface area contributed by atoms with Crippen LogP contribution in [0, 0.1) is 13.8 Å². The third-order valence-electron chi connectivity index (χ3n) is 4.93. The van der Waals surface area contributed by atoms with Crippen molar-refractivity contribution < 1.29 is 4.79 Å². The fourth-order valence-electron chi connectivity index (χ4n) is 3.61. The van der Waals surface area contributed by atoms with Crippen molar-refractivity contribution in [3.05, 3.63) is 49.1 Å². The van der Waals surface area contributed by atoms with Gasteiger partial charge < -0.3 is 5.32 Å². The zero-order chi connectivity index (χ0) is 20.0. The number of hydrogen-bond acceptors (Lipinski definition) is 5. The van der Waals surface area contributed by atoms with Gasteiger partial charge in [0.2, 0.25) is 5.91 Å². The second-order valence-corrected chi connectivity index (χ2v) is 9.50. The summed E-state index contributed by atoms with van der Waals surface area (Å²) >= 11 is 9.14. The highest BCUT2D eigenvalue weighted by molar-refractivity contribution is 7.99. The first kappa shape index (κ1) is 19.5. The number of anilines is 1. The van der Waals surface area contributed by atoms with E-state index in [1.807, 2.05) is 26.0 Å². The predicted molar refractivity (Wildman–Crippen MR) is 117 cm³/mol. The Hall–Kier alpha value is -1.83. The van der Waals surface area contributed by atoms with Gasteiger partial charge in [0.1, 0.15) is 4.83 Å². The second kappa shape index (κ2) is 7.54. The molecule has 28 heavy (non-hydrogen) atoms. The average Bonchev–Trinajstić information content (AvgIpc) is 3.20. The molecule has 1 amide bonds. The molecule has 0 saturated carbocycles. The van der Waals surface area contributed by atoms with E-state index in [-0.39, 0.29) is 17.2 Å². The molecule has 2 aromatic heterocycles. The van der Waals surface area contributed by atoms with Crippen LogP contribution in [0.5, 0.6) is 0 Å². The van der Waals surface area contributed by atoms with Gasteiger partial charge in [0.15, 0.2) is 5.16 Å². The highest BCUT2D eigenvalue weighted by Crippen LogP contribution is 2.35. The van der Waals surface area contributed by atoms with Gasteiger partial charge in [0.05, 0.1) is 21.8 Å². The summed E-state index contributed by atoms with van der Waals surface area (Å²) in [7, 11) is 1.72. The van der Waals surface area contributed by atoms with Crippen molar-refractivity contribution in [1.29, 1.82) is 0 Å². The van der Waals surface area contributed by atoms with Gasteiger partial charge in [0, 0.05) is 11.9 Å². The summed E-state index contributed by atoms with van der Waals surface area (Å²) in [5.74, 6) is -0.0255. The maximum atomic E-state index is 12.8. The fraction of sp³-hybridized carbons (Fsp3) is 0.350.